The second-order valence-corrected chi connectivity index (χ2v) is 8.45. The molecule has 4 rings (SSSR count). The normalized spacial score (nSPS) is 28.8. The van der Waals surface area contributed by atoms with E-state index in [-0.39, 0.29) is 12.0 Å². The lowest BCUT2D eigenvalue weighted by Gasteiger charge is -2.58. The van der Waals surface area contributed by atoms with Crippen LogP contribution in [0.4, 0.5) is 4.39 Å². The minimum atomic E-state index is -0.897. The number of fused-ring (bicyclic) bond motifs is 1. The van der Waals surface area contributed by atoms with E-state index in [1.54, 1.807) is 0 Å². The number of nitrogens with zero attached hydrogens (tertiary/aromatic N) is 2. The van der Waals surface area contributed by atoms with Gasteiger partial charge in [0.1, 0.15) is 25.5 Å². The van der Waals surface area contributed by atoms with Crippen LogP contribution in [0.1, 0.15) is 36.7 Å². The van der Waals surface area contributed by atoms with Gasteiger partial charge in [0.2, 0.25) is 0 Å². The van der Waals surface area contributed by atoms with Crippen LogP contribution in [0.2, 0.25) is 0 Å². The largest absolute Gasteiger partial charge is 0.369 e. The quantitative estimate of drug-likeness (QED) is 0.509. The molecule has 2 aromatic rings. The molecule has 0 aliphatic heterocycles. The molecule has 3 nitrogen and oxygen atoms in total. The Morgan fingerprint density at radius 3 is 2.65 bits per heavy atom. The number of ether oxygens (including phenoxy) is 1. The summed E-state index contributed by atoms with van der Waals surface area (Å²) in [4.78, 5) is 4.65. The highest BCUT2D eigenvalue weighted by Gasteiger charge is 2.62. The molecule has 1 aromatic heterocycles. The maximum absolute atomic E-state index is 14.3. The van der Waals surface area contributed by atoms with Gasteiger partial charge in [0.05, 0.1) is 6.61 Å². The molecule has 0 saturated heterocycles. The summed E-state index contributed by atoms with van der Waals surface area (Å²) in [5.41, 5.74) is 0.256. The molecule has 1 heterocycles. The number of hydrogen-bond acceptors (Lipinski definition) is 2. The van der Waals surface area contributed by atoms with Crippen LogP contribution in [0.5, 0.6) is 0 Å². The Morgan fingerprint density at radius 1 is 1.26 bits per heavy atom. The molecule has 0 N–H and O–H groups in total. The average molecular weight is 538 g/mol. The molecule has 2 fully saturated rings. The zero-order valence-electron chi connectivity index (χ0n) is 12.5. The minimum absolute atomic E-state index is 0.175. The first-order valence-corrected chi connectivity index (χ1v) is 9.97. The Hall–Kier alpha value is -0.220. The van der Waals surface area contributed by atoms with Gasteiger partial charge in [-0.2, -0.15) is 0 Å². The van der Waals surface area contributed by atoms with Gasteiger partial charge in [0, 0.05) is 18.4 Å². The zero-order valence-corrected chi connectivity index (χ0v) is 16.8. The maximum Gasteiger partial charge on any atom is 0.137 e. The minimum Gasteiger partial charge on any atom is -0.369 e. The van der Waals surface area contributed by atoms with Crippen molar-refractivity contribution in [1.29, 1.82) is 0 Å². The van der Waals surface area contributed by atoms with Gasteiger partial charge >= 0.3 is 0 Å². The van der Waals surface area contributed by atoms with Crippen molar-refractivity contribution in [3.8, 4) is 0 Å². The highest BCUT2D eigenvalue weighted by atomic mass is 127. The molecule has 3 atom stereocenters. The summed E-state index contributed by atoms with van der Waals surface area (Å²) < 4.78 is 24.5. The summed E-state index contributed by atoms with van der Waals surface area (Å²) in [7, 11) is 0. The number of rotatable bonds is 5. The van der Waals surface area contributed by atoms with Crippen LogP contribution in [0, 0.1) is 13.3 Å². The predicted octanol–water partition coefficient (Wildman–Crippen LogP) is 4.87. The van der Waals surface area contributed by atoms with Gasteiger partial charge in [-0.25, -0.2) is 9.37 Å². The monoisotopic (exact) mass is 538 g/mol. The molecule has 122 valence electrons. The molecule has 2 saturated carbocycles. The number of imidazole rings is 1. The van der Waals surface area contributed by atoms with Crippen LogP contribution in [0.25, 0.3) is 0 Å². The third kappa shape index (κ3) is 2.84. The molecule has 0 amide bonds. The summed E-state index contributed by atoms with van der Waals surface area (Å²) in [5, 5.41) is 0. The van der Waals surface area contributed by atoms with E-state index in [2.05, 4.69) is 66.9 Å². The van der Waals surface area contributed by atoms with Crippen LogP contribution in [0.15, 0.2) is 30.3 Å². The third-order valence-corrected chi connectivity index (χ3v) is 7.92. The molecular formula is C17H17FI2N2O. The van der Waals surface area contributed by atoms with E-state index in [0.29, 0.717) is 19.6 Å². The smallest absolute Gasteiger partial charge is 0.137 e. The molecule has 6 heteroatoms. The molecule has 2 aliphatic rings. The lowest BCUT2D eigenvalue weighted by Crippen LogP contribution is -2.59. The summed E-state index contributed by atoms with van der Waals surface area (Å²) in [6.45, 7) is 1.04. The molecule has 0 radical (unpaired) electrons. The average Bonchev–Trinajstić information content (AvgIpc) is 2.81. The standard InChI is InChI=1S/C17H17FI2N2O/c18-17-7-6-12(17)13(8-17)22-14(21-15(19)16(22)20)10-23-9-11-4-2-1-3-5-11/h1-5,12-13H,6-10H2. The Kier molecular flexibility index (Phi) is 4.42. The van der Waals surface area contributed by atoms with Crippen molar-refractivity contribution in [2.45, 2.75) is 44.2 Å². The van der Waals surface area contributed by atoms with E-state index in [1.165, 1.54) is 0 Å². The van der Waals surface area contributed by atoms with Gasteiger partial charge in [-0.05, 0) is 63.6 Å². The van der Waals surface area contributed by atoms with Crippen molar-refractivity contribution in [3.63, 3.8) is 0 Å². The molecule has 0 spiro atoms. The first kappa shape index (κ1) is 16.3. The van der Waals surface area contributed by atoms with Gasteiger partial charge in [-0.1, -0.05) is 30.3 Å². The van der Waals surface area contributed by atoms with Gasteiger partial charge < -0.3 is 9.30 Å². The summed E-state index contributed by atoms with van der Waals surface area (Å²) in [6.07, 6.45) is 2.36. The number of benzene rings is 1. The summed E-state index contributed by atoms with van der Waals surface area (Å²) in [6, 6.07) is 10.4. The van der Waals surface area contributed by atoms with Crippen molar-refractivity contribution >= 4 is 45.2 Å². The van der Waals surface area contributed by atoms with Crippen LogP contribution in [-0.4, -0.2) is 15.2 Å². The topological polar surface area (TPSA) is 27.1 Å². The molecular weight excluding hydrogens is 521 g/mol. The van der Waals surface area contributed by atoms with Gasteiger partial charge in [0.25, 0.3) is 0 Å². The Balaban J connectivity index is 1.47. The SMILES string of the molecule is FC12CCC1C(n1c(COCc3ccccc3)nc(I)c1I)C2. The van der Waals surface area contributed by atoms with Crippen LogP contribution < -0.4 is 0 Å². The van der Waals surface area contributed by atoms with Crippen LogP contribution >= 0.6 is 45.2 Å². The second kappa shape index (κ2) is 6.25. The van der Waals surface area contributed by atoms with Crippen molar-refractivity contribution in [3.05, 3.63) is 49.1 Å². The van der Waals surface area contributed by atoms with Crippen LogP contribution in [0.3, 0.4) is 0 Å². The first-order chi connectivity index (χ1) is 11.1. The van der Waals surface area contributed by atoms with E-state index < -0.39 is 5.67 Å². The summed E-state index contributed by atoms with van der Waals surface area (Å²) >= 11 is 4.58. The number of aromatic nitrogens is 2. The van der Waals surface area contributed by atoms with Crippen molar-refractivity contribution in [2.24, 2.45) is 5.92 Å². The second-order valence-electron chi connectivity index (χ2n) is 6.41. The van der Waals surface area contributed by atoms with E-state index >= 15 is 0 Å². The number of halogens is 3. The van der Waals surface area contributed by atoms with Gasteiger partial charge in [-0.15, -0.1) is 0 Å². The van der Waals surface area contributed by atoms with Gasteiger partial charge in [-0.3, -0.25) is 0 Å². The Bertz CT molecular complexity index is 721. The van der Waals surface area contributed by atoms with Gasteiger partial charge in [0.15, 0.2) is 0 Å². The highest BCUT2D eigenvalue weighted by molar-refractivity contribution is 14.1. The molecule has 1 aromatic carbocycles. The summed E-state index contributed by atoms with van der Waals surface area (Å²) in [5.74, 6) is 1.10. The Labute approximate surface area is 162 Å². The number of alkyl halides is 1. The van der Waals surface area contributed by atoms with E-state index in [4.69, 9.17) is 4.74 Å². The predicted molar refractivity (Wildman–Crippen MR) is 103 cm³/mol. The fourth-order valence-corrected chi connectivity index (χ4v) is 5.01. The van der Waals surface area contributed by atoms with E-state index in [9.17, 15) is 4.39 Å². The first-order valence-electron chi connectivity index (χ1n) is 7.81. The highest BCUT2D eigenvalue weighted by Crippen LogP contribution is 2.62. The number of hydrogen-bond donors (Lipinski definition) is 0. The van der Waals surface area contributed by atoms with E-state index in [1.807, 2.05) is 18.2 Å². The zero-order chi connectivity index (χ0) is 16.0. The fraction of sp³-hybridized carbons (Fsp3) is 0.471. The lowest BCUT2D eigenvalue weighted by atomic mass is 9.54. The van der Waals surface area contributed by atoms with Crippen LogP contribution in [-0.2, 0) is 18.0 Å². The van der Waals surface area contributed by atoms with E-state index in [0.717, 1.165) is 31.6 Å². The molecule has 23 heavy (non-hydrogen) atoms. The molecule has 0 bridgehead atoms. The van der Waals surface area contributed by atoms with Crippen molar-refractivity contribution in [1.82, 2.24) is 9.55 Å². The third-order valence-electron chi connectivity index (χ3n) is 5.11. The fourth-order valence-electron chi connectivity index (χ4n) is 3.71. The lowest BCUT2D eigenvalue weighted by molar-refractivity contribution is -0.145. The maximum atomic E-state index is 14.3. The van der Waals surface area contributed by atoms with Crippen molar-refractivity contribution in [2.75, 3.05) is 0 Å². The molecule has 2 aliphatic carbocycles. The Morgan fingerprint density at radius 2 is 2.04 bits per heavy atom. The van der Waals surface area contributed by atoms with Crippen molar-refractivity contribution < 1.29 is 9.13 Å². The molecule has 3 unspecified atom stereocenters.